The van der Waals surface area contributed by atoms with Crippen LogP contribution in [0, 0.1) is 6.92 Å². The second-order valence-electron chi connectivity index (χ2n) is 6.35. The van der Waals surface area contributed by atoms with Crippen LogP contribution in [0.15, 0.2) is 35.6 Å². The van der Waals surface area contributed by atoms with Gasteiger partial charge in [0, 0.05) is 39.0 Å². The predicted octanol–water partition coefficient (Wildman–Crippen LogP) is 2.05. The third kappa shape index (κ3) is 7.30. The number of aromatic nitrogens is 2. The highest BCUT2D eigenvalue weighted by Gasteiger charge is 2.05. The lowest BCUT2D eigenvalue weighted by molar-refractivity contribution is 0.145. The summed E-state index contributed by atoms with van der Waals surface area (Å²) >= 11 is 0. The van der Waals surface area contributed by atoms with Gasteiger partial charge in [0.25, 0.3) is 0 Å². The molecule has 0 saturated heterocycles. The maximum atomic E-state index is 5.85. The van der Waals surface area contributed by atoms with Gasteiger partial charge in [-0.1, -0.05) is 12.1 Å². The van der Waals surface area contributed by atoms with Gasteiger partial charge in [0.15, 0.2) is 5.96 Å². The van der Waals surface area contributed by atoms with Gasteiger partial charge in [-0.3, -0.25) is 4.68 Å². The van der Waals surface area contributed by atoms with Crippen molar-refractivity contribution in [3.63, 3.8) is 0 Å². The normalized spacial score (nSPS) is 11.5. The number of ether oxygens (including phenoxy) is 2. The van der Waals surface area contributed by atoms with Gasteiger partial charge in [-0.15, -0.1) is 0 Å². The van der Waals surface area contributed by atoms with Crippen LogP contribution in [-0.4, -0.2) is 49.2 Å². The average molecular weight is 374 g/mol. The maximum Gasteiger partial charge on any atom is 0.191 e. The molecule has 1 aromatic carbocycles. The molecule has 2 N–H and O–H groups in total. The van der Waals surface area contributed by atoms with E-state index in [0.29, 0.717) is 19.8 Å². The van der Waals surface area contributed by atoms with Gasteiger partial charge in [0.05, 0.1) is 19.3 Å². The molecule has 148 valence electrons. The SMILES string of the molecule is CCNC(=NCc1ccc(C)cc1OCCOC)NCCc1cnn(C)c1. The highest BCUT2D eigenvalue weighted by atomic mass is 16.5. The molecule has 0 spiro atoms. The van der Waals surface area contributed by atoms with Gasteiger partial charge in [-0.2, -0.15) is 5.10 Å². The first-order valence-electron chi connectivity index (χ1n) is 9.33. The van der Waals surface area contributed by atoms with Crippen molar-refractivity contribution in [2.45, 2.75) is 26.8 Å². The lowest BCUT2D eigenvalue weighted by atomic mass is 10.1. The van der Waals surface area contributed by atoms with E-state index in [0.717, 1.165) is 42.3 Å². The predicted molar refractivity (Wildman–Crippen MR) is 108 cm³/mol. The molecule has 0 unspecified atom stereocenters. The molecular formula is C20H31N5O2. The van der Waals surface area contributed by atoms with Crippen LogP contribution >= 0.6 is 0 Å². The molecule has 0 atom stereocenters. The number of aryl methyl sites for hydroxylation is 2. The first kappa shape index (κ1) is 20.8. The fourth-order valence-corrected chi connectivity index (χ4v) is 2.59. The molecule has 0 aliphatic heterocycles. The van der Waals surface area contributed by atoms with Crippen LogP contribution in [0.4, 0.5) is 0 Å². The third-order valence-corrected chi connectivity index (χ3v) is 3.98. The van der Waals surface area contributed by atoms with E-state index >= 15 is 0 Å². The Kier molecular flexibility index (Phi) is 8.64. The zero-order valence-electron chi connectivity index (χ0n) is 16.8. The number of benzene rings is 1. The van der Waals surface area contributed by atoms with Gasteiger partial charge in [-0.25, -0.2) is 4.99 Å². The molecule has 27 heavy (non-hydrogen) atoms. The molecule has 1 aromatic heterocycles. The molecule has 0 radical (unpaired) electrons. The zero-order valence-corrected chi connectivity index (χ0v) is 16.8. The first-order valence-corrected chi connectivity index (χ1v) is 9.33. The summed E-state index contributed by atoms with van der Waals surface area (Å²) in [4.78, 5) is 4.70. The minimum atomic E-state index is 0.528. The van der Waals surface area contributed by atoms with Crippen LogP contribution < -0.4 is 15.4 Å². The van der Waals surface area contributed by atoms with E-state index in [1.165, 1.54) is 5.56 Å². The molecule has 7 heteroatoms. The fraction of sp³-hybridized carbons (Fsp3) is 0.500. The third-order valence-electron chi connectivity index (χ3n) is 3.98. The number of hydrogen-bond acceptors (Lipinski definition) is 4. The van der Waals surface area contributed by atoms with Crippen molar-refractivity contribution in [1.82, 2.24) is 20.4 Å². The van der Waals surface area contributed by atoms with Crippen LogP contribution in [0.5, 0.6) is 5.75 Å². The van der Waals surface area contributed by atoms with Crippen molar-refractivity contribution in [1.29, 1.82) is 0 Å². The van der Waals surface area contributed by atoms with Crippen molar-refractivity contribution in [2.75, 3.05) is 33.4 Å². The molecule has 2 aromatic rings. The number of methoxy groups -OCH3 is 1. The van der Waals surface area contributed by atoms with E-state index < -0.39 is 0 Å². The first-order chi connectivity index (χ1) is 13.1. The largest absolute Gasteiger partial charge is 0.491 e. The molecule has 0 fully saturated rings. The second-order valence-corrected chi connectivity index (χ2v) is 6.35. The van der Waals surface area contributed by atoms with E-state index in [-0.39, 0.29) is 0 Å². The summed E-state index contributed by atoms with van der Waals surface area (Å²) in [6.45, 7) is 7.36. The maximum absolute atomic E-state index is 5.85. The molecular weight excluding hydrogens is 342 g/mol. The van der Waals surface area contributed by atoms with Gasteiger partial charge < -0.3 is 20.1 Å². The van der Waals surface area contributed by atoms with Crippen LogP contribution in [0.2, 0.25) is 0 Å². The molecule has 0 amide bonds. The Morgan fingerprint density at radius 1 is 1.26 bits per heavy atom. The van der Waals surface area contributed by atoms with Gasteiger partial charge in [-0.05, 0) is 37.5 Å². The molecule has 0 bridgehead atoms. The number of nitrogens with one attached hydrogen (secondary N) is 2. The van der Waals surface area contributed by atoms with Crippen molar-refractivity contribution < 1.29 is 9.47 Å². The lowest BCUT2D eigenvalue weighted by Gasteiger charge is -2.13. The van der Waals surface area contributed by atoms with Gasteiger partial charge in [0.2, 0.25) is 0 Å². The molecule has 2 rings (SSSR count). The summed E-state index contributed by atoms with van der Waals surface area (Å²) in [6, 6.07) is 6.19. The fourth-order valence-electron chi connectivity index (χ4n) is 2.59. The minimum Gasteiger partial charge on any atom is -0.491 e. The molecule has 1 heterocycles. The Bertz CT molecular complexity index is 727. The number of aliphatic imine (C=N–C) groups is 1. The summed E-state index contributed by atoms with van der Waals surface area (Å²) in [5.41, 5.74) is 3.42. The topological polar surface area (TPSA) is 72.7 Å². The van der Waals surface area contributed by atoms with E-state index in [4.69, 9.17) is 14.5 Å². The Morgan fingerprint density at radius 2 is 2.11 bits per heavy atom. The van der Waals surface area contributed by atoms with Crippen molar-refractivity contribution in [3.8, 4) is 5.75 Å². The summed E-state index contributed by atoms with van der Waals surface area (Å²) in [6.07, 6.45) is 4.82. The van der Waals surface area contributed by atoms with Crippen LogP contribution in [-0.2, 0) is 24.8 Å². The molecule has 7 nitrogen and oxygen atoms in total. The number of guanidine groups is 1. The van der Waals surface area contributed by atoms with Gasteiger partial charge in [0.1, 0.15) is 12.4 Å². The van der Waals surface area contributed by atoms with Crippen molar-refractivity contribution in [2.24, 2.45) is 12.0 Å². The van der Waals surface area contributed by atoms with Gasteiger partial charge >= 0.3 is 0 Å². The van der Waals surface area contributed by atoms with Crippen molar-refractivity contribution >= 4 is 5.96 Å². The monoisotopic (exact) mass is 373 g/mol. The highest BCUT2D eigenvalue weighted by molar-refractivity contribution is 5.79. The van der Waals surface area contributed by atoms with E-state index in [2.05, 4.69) is 41.7 Å². The lowest BCUT2D eigenvalue weighted by Crippen LogP contribution is -2.38. The van der Waals surface area contributed by atoms with Crippen LogP contribution in [0.25, 0.3) is 0 Å². The number of nitrogens with zero attached hydrogens (tertiary/aromatic N) is 3. The molecule has 0 aliphatic carbocycles. The molecule has 0 saturated carbocycles. The molecule has 0 aliphatic rings. The van der Waals surface area contributed by atoms with E-state index in [1.807, 2.05) is 30.2 Å². The van der Waals surface area contributed by atoms with Crippen LogP contribution in [0.1, 0.15) is 23.6 Å². The second kappa shape index (κ2) is 11.2. The smallest absolute Gasteiger partial charge is 0.191 e. The summed E-state index contributed by atoms with van der Waals surface area (Å²) in [5.74, 6) is 1.66. The summed E-state index contributed by atoms with van der Waals surface area (Å²) in [7, 11) is 3.60. The van der Waals surface area contributed by atoms with E-state index in [1.54, 1.807) is 7.11 Å². The Balaban J connectivity index is 1.96. The number of rotatable bonds is 10. The van der Waals surface area contributed by atoms with Crippen LogP contribution in [0.3, 0.4) is 0 Å². The summed E-state index contributed by atoms with van der Waals surface area (Å²) < 4.78 is 12.7. The minimum absolute atomic E-state index is 0.528. The Morgan fingerprint density at radius 3 is 2.81 bits per heavy atom. The zero-order chi connectivity index (χ0) is 19.5. The number of hydrogen-bond donors (Lipinski definition) is 2. The summed E-state index contributed by atoms with van der Waals surface area (Å²) in [5, 5.41) is 10.9. The Hall–Kier alpha value is -2.54. The average Bonchev–Trinajstić information content (AvgIpc) is 3.06. The standard InChI is InChI=1S/C20H31N5O2/c1-5-21-20(22-9-8-17-13-24-25(3)15-17)23-14-18-7-6-16(2)12-19(18)27-11-10-26-4/h6-7,12-13,15H,5,8-11,14H2,1-4H3,(H2,21,22,23). The van der Waals surface area contributed by atoms with E-state index in [9.17, 15) is 0 Å². The van der Waals surface area contributed by atoms with Crippen molar-refractivity contribution in [3.05, 3.63) is 47.3 Å². The highest BCUT2D eigenvalue weighted by Crippen LogP contribution is 2.21. The Labute approximate surface area is 161 Å². The quantitative estimate of drug-likeness (QED) is 0.379.